The first-order chi connectivity index (χ1) is 13.3. The second-order valence-corrected chi connectivity index (χ2v) is 6.99. The number of nitrogens with one attached hydrogen (secondary N) is 2. The van der Waals surface area contributed by atoms with E-state index >= 15 is 0 Å². The maximum absolute atomic E-state index is 12.6. The van der Waals surface area contributed by atoms with Gasteiger partial charge in [0.25, 0.3) is 5.91 Å². The molecule has 0 spiro atoms. The highest BCUT2D eigenvalue weighted by atomic mass is 16.5. The molecule has 2 aliphatic rings. The van der Waals surface area contributed by atoms with E-state index in [1.54, 1.807) is 6.33 Å². The summed E-state index contributed by atoms with van der Waals surface area (Å²) < 4.78 is 5.44. The minimum atomic E-state index is -0.170. The van der Waals surface area contributed by atoms with E-state index in [9.17, 15) is 4.79 Å². The van der Waals surface area contributed by atoms with Crippen molar-refractivity contribution in [2.45, 2.75) is 19.4 Å². The molecule has 27 heavy (non-hydrogen) atoms. The third-order valence-corrected chi connectivity index (χ3v) is 5.34. The molecule has 0 unspecified atom stereocenters. The Balaban J connectivity index is 1.33. The fourth-order valence-electron chi connectivity index (χ4n) is 3.70. The van der Waals surface area contributed by atoms with Gasteiger partial charge in [-0.05, 0) is 25.6 Å². The Bertz CT molecular complexity index is 975. The van der Waals surface area contributed by atoms with E-state index in [-0.39, 0.29) is 5.91 Å². The fraction of sp³-hybridized carbons (Fsp3) is 0.444. The van der Waals surface area contributed by atoms with Crippen molar-refractivity contribution in [1.82, 2.24) is 30.3 Å². The van der Waals surface area contributed by atoms with E-state index in [1.807, 2.05) is 12.3 Å². The number of likely N-dealkylation sites (tertiary alicyclic amines) is 1. The first kappa shape index (κ1) is 16.2. The fourth-order valence-corrected chi connectivity index (χ4v) is 3.70. The minimum Gasteiger partial charge on any atom is -0.360 e. The van der Waals surface area contributed by atoms with Gasteiger partial charge in [-0.25, -0.2) is 9.97 Å². The summed E-state index contributed by atoms with van der Waals surface area (Å²) in [6.07, 6.45) is 5.35. The van der Waals surface area contributed by atoms with Crippen LogP contribution in [0.2, 0.25) is 0 Å². The molecule has 3 aromatic rings. The average Bonchev–Trinajstić information content (AvgIpc) is 3.29. The number of nitrogens with zero attached hydrogens (tertiary/aromatic N) is 5. The lowest BCUT2D eigenvalue weighted by Gasteiger charge is -2.30. The van der Waals surface area contributed by atoms with E-state index in [0.717, 1.165) is 54.4 Å². The molecule has 0 bridgehead atoms. The van der Waals surface area contributed by atoms with Crippen molar-refractivity contribution in [3.8, 4) is 0 Å². The zero-order valence-electron chi connectivity index (χ0n) is 14.9. The molecule has 1 fully saturated rings. The number of anilines is 1. The Morgan fingerprint density at radius 2 is 2.22 bits per heavy atom. The van der Waals surface area contributed by atoms with Crippen LogP contribution >= 0.6 is 0 Å². The van der Waals surface area contributed by atoms with Crippen LogP contribution in [0.4, 0.5) is 5.82 Å². The lowest BCUT2D eigenvalue weighted by Crippen LogP contribution is -2.42. The van der Waals surface area contributed by atoms with Crippen molar-refractivity contribution >= 4 is 22.8 Å². The number of hydrogen-bond acceptors (Lipinski definition) is 7. The van der Waals surface area contributed by atoms with E-state index in [2.05, 4.69) is 35.2 Å². The van der Waals surface area contributed by atoms with Gasteiger partial charge in [-0.15, -0.1) is 0 Å². The molecule has 9 nitrogen and oxygen atoms in total. The predicted molar refractivity (Wildman–Crippen MR) is 98.5 cm³/mol. The normalized spacial score (nSPS) is 17.0. The zero-order valence-corrected chi connectivity index (χ0v) is 14.9. The number of carbonyl (C=O) groups is 1. The van der Waals surface area contributed by atoms with Crippen LogP contribution in [0, 0.1) is 0 Å². The van der Waals surface area contributed by atoms with Crippen molar-refractivity contribution in [3.05, 3.63) is 35.6 Å². The highest BCUT2D eigenvalue weighted by molar-refractivity contribution is 5.94. The lowest BCUT2D eigenvalue weighted by molar-refractivity contribution is 0.0931. The number of H-pyrrole nitrogens is 1. The van der Waals surface area contributed by atoms with E-state index in [0.29, 0.717) is 25.2 Å². The number of fused-ring (bicyclic) bond motifs is 2. The van der Waals surface area contributed by atoms with Crippen molar-refractivity contribution in [2.75, 3.05) is 37.6 Å². The zero-order chi connectivity index (χ0) is 18.2. The molecule has 2 N–H and O–H groups in total. The van der Waals surface area contributed by atoms with Gasteiger partial charge in [-0.2, -0.15) is 0 Å². The van der Waals surface area contributed by atoms with E-state index < -0.39 is 0 Å². The molecule has 9 heteroatoms. The monoisotopic (exact) mass is 367 g/mol. The van der Waals surface area contributed by atoms with Gasteiger partial charge < -0.3 is 24.6 Å². The molecule has 0 aliphatic carbocycles. The van der Waals surface area contributed by atoms with Gasteiger partial charge in [0.1, 0.15) is 23.6 Å². The van der Waals surface area contributed by atoms with Crippen LogP contribution in [0.1, 0.15) is 28.2 Å². The molecule has 0 atom stereocenters. The van der Waals surface area contributed by atoms with Gasteiger partial charge in [0.05, 0.1) is 11.9 Å². The lowest BCUT2D eigenvalue weighted by atomic mass is 10.1. The Kier molecular flexibility index (Phi) is 4.01. The van der Waals surface area contributed by atoms with Gasteiger partial charge in [0, 0.05) is 37.8 Å². The molecule has 0 radical (unpaired) electrons. The molecule has 3 aromatic heterocycles. The first-order valence-electron chi connectivity index (χ1n) is 9.30. The van der Waals surface area contributed by atoms with Crippen LogP contribution in [-0.4, -0.2) is 63.6 Å². The Hall–Kier alpha value is -2.94. The first-order valence-corrected chi connectivity index (χ1v) is 9.30. The topological polar surface area (TPSA) is 103 Å². The minimum absolute atomic E-state index is 0.170. The SMILES string of the molecule is O=C(NCCN1CCC1)c1noc2c1CN(c1ncnc3[nH]ccc13)CC2. The summed E-state index contributed by atoms with van der Waals surface area (Å²) in [7, 11) is 0. The Labute approximate surface area is 155 Å². The summed E-state index contributed by atoms with van der Waals surface area (Å²) >= 11 is 0. The van der Waals surface area contributed by atoms with E-state index in [4.69, 9.17) is 4.52 Å². The third kappa shape index (κ3) is 2.93. The largest absolute Gasteiger partial charge is 0.360 e. The highest BCUT2D eigenvalue weighted by Gasteiger charge is 2.29. The van der Waals surface area contributed by atoms with Crippen LogP contribution in [-0.2, 0) is 13.0 Å². The summed E-state index contributed by atoms with van der Waals surface area (Å²) in [5, 5.41) is 7.98. The summed E-state index contributed by atoms with van der Waals surface area (Å²) in [5.41, 5.74) is 2.04. The number of rotatable bonds is 5. The molecule has 1 amide bonds. The Morgan fingerprint density at radius 3 is 3.07 bits per heavy atom. The van der Waals surface area contributed by atoms with Crippen molar-refractivity contribution < 1.29 is 9.32 Å². The second kappa shape index (κ2) is 6.66. The summed E-state index contributed by atoms with van der Waals surface area (Å²) in [4.78, 5) is 28.9. The second-order valence-electron chi connectivity index (χ2n) is 6.99. The molecule has 140 valence electrons. The van der Waals surface area contributed by atoms with Gasteiger partial charge in [-0.1, -0.05) is 5.16 Å². The summed E-state index contributed by atoms with van der Waals surface area (Å²) in [6, 6.07) is 1.97. The number of carbonyl (C=O) groups excluding carboxylic acids is 1. The standard InChI is InChI=1S/C18H21N7O2/c26-18(20-5-9-24-6-1-7-24)15-13-10-25(8-3-14(13)27-23-15)17-12-2-4-19-16(12)21-11-22-17/h2,4,11H,1,3,5-10H2,(H,20,26)(H,19,21,22). The molecule has 0 aromatic carbocycles. The molecule has 1 saturated heterocycles. The Morgan fingerprint density at radius 1 is 1.30 bits per heavy atom. The van der Waals surface area contributed by atoms with Crippen LogP contribution in [0.25, 0.3) is 11.0 Å². The molecular weight excluding hydrogens is 346 g/mol. The average molecular weight is 367 g/mol. The smallest absolute Gasteiger partial charge is 0.273 e. The van der Waals surface area contributed by atoms with Crippen LogP contribution in [0.5, 0.6) is 0 Å². The number of amides is 1. The molecule has 2 aliphatic heterocycles. The molecule has 0 saturated carbocycles. The highest BCUT2D eigenvalue weighted by Crippen LogP contribution is 2.29. The third-order valence-electron chi connectivity index (χ3n) is 5.34. The quantitative estimate of drug-likeness (QED) is 0.692. The maximum atomic E-state index is 12.6. The molecular formula is C18H21N7O2. The van der Waals surface area contributed by atoms with Gasteiger partial charge in [0.15, 0.2) is 5.69 Å². The molecule has 5 heterocycles. The van der Waals surface area contributed by atoms with Gasteiger partial charge in [0.2, 0.25) is 0 Å². The van der Waals surface area contributed by atoms with Crippen molar-refractivity contribution in [3.63, 3.8) is 0 Å². The predicted octanol–water partition coefficient (Wildman–Crippen LogP) is 0.944. The number of hydrogen-bond donors (Lipinski definition) is 2. The van der Waals surface area contributed by atoms with Gasteiger partial charge in [-0.3, -0.25) is 4.79 Å². The number of aromatic amines is 1. The van der Waals surface area contributed by atoms with Crippen molar-refractivity contribution in [2.24, 2.45) is 0 Å². The summed E-state index contributed by atoms with van der Waals surface area (Å²) in [5.74, 6) is 1.48. The van der Waals surface area contributed by atoms with Crippen molar-refractivity contribution in [1.29, 1.82) is 0 Å². The molecule has 5 rings (SSSR count). The summed E-state index contributed by atoms with van der Waals surface area (Å²) in [6.45, 7) is 5.05. The van der Waals surface area contributed by atoms with Crippen LogP contribution in [0.3, 0.4) is 0 Å². The number of aromatic nitrogens is 4. The van der Waals surface area contributed by atoms with E-state index in [1.165, 1.54) is 6.42 Å². The van der Waals surface area contributed by atoms with Crippen LogP contribution in [0.15, 0.2) is 23.1 Å². The maximum Gasteiger partial charge on any atom is 0.273 e. The van der Waals surface area contributed by atoms with Crippen LogP contribution < -0.4 is 10.2 Å². The van der Waals surface area contributed by atoms with Gasteiger partial charge >= 0.3 is 0 Å².